The predicted molar refractivity (Wildman–Crippen MR) is 99.5 cm³/mol. The van der Waals surface area contributed by atoms with Crippen LogP contribution in [0, 0.1) is 6.92 Å². The van der Waals surface area contributed by atoms with Crippen LogP contribution in [0.5, 0.6) is 0 Å². The lowest BCUT2D eigenvalue weighted by Gasteiger charge is -2.16. The standard InChI is InChI=1S/C19H20N4OS/c1-4-14-6-8-15(9-7-14)12-23(3)19(24)16-13(2)22-18(25-16)17-20-10-5-11-21-17/h5-11H,4,12H2,1-3H3. The van der Waals surface area contributed by atoms with E-state index in [2.05, 4.69) is 46.1 Å². The maximum atomic E-state index is 12.8. The molecular formula is C19H20N4OS. The van der Waals surface area contributed by atoms with Crippen molar-refractivity contribution in [2.45, 2.75) is 26.8 Å². The van der Waals surface area contributed by atoms with Gasteiger partial charge in [-0.15, -0.1) is 11.3 Å². The van der Waals surface area contributed by atoms with E-state index in [4.69, 9.17) is 0 Å². The zero-order valence-corrected chi connectivity index (χ0v) is 15.4. The van der Waals surface area contributed by atoms with Crippen LogP contribution >= 0.6 is 11.3 Å². The molecule has 3 aromatic rings. The average Bonchev–Trinajstić information content (AvgIpc) is 3.04. The van der Waals surface area contributed by atoms with E-state index >= 15 is 0 Å². The monoisotopic (exact) mass is 352 g/mol. The quantitative estimate of drug-likeness (QED) is 0.702. The molecule has 0 N–H and O–H groups in total. The molecule has 0 spiro atoms. The number of carbonyl (C=O) groups is 1. The van der Waals surface area contributed by atoms with Crippen LogP contribution in [0.1, 0.15) is 33.4 Å². The van der Waals surface area contributed by atoms with Crippen molar-refractivity contribution in [3.8, 4) is 10.8 Å². The molecule has 0 aliphatic heterocycles. The highest BCUT2D eigenvalue weighted by Crippen LogP contribution is 2.26. The fraction of sp³-hybridized carbons (Fsp3) is 0.263. The van der Waals surface area contributed by atoms with Gasteiger partial charge < -0.3 is 4.90 Å². The van der Waals surface area contributed by atoms with Gasteiger partial charge in [-0.1, -0.05) is 31.2 Å². The van der Waals surface area contributed by atoms with Crippen LogP contribution in [-0.2, 0) is 13.0 Å². The van der Waals surface area contributed by atoms with Gasteiger partial charge in [-0.3, -0.25) is 4.79 Å². The van der Waals surface area contributed by atoms with Crippen LogP contribution in [0.2, 0.25) is 0 Å². The number of benzene rings is 1. The number of hydrogen-bond acceptors (Lipinski definition) is 5. The van der Waals surface area contributed by atoms with Gasteiger partial charge >= 0.3 is 0 Å². The van der Waals surface area contributed by atoms with Gasteiger partial charge in [0, 0.05) is 26.0 Å². The lowest BCUT2D eigenvalue weighted by Crippen LogP contribution is -2.26. The third-order valence-electron chi connectivity index (χ3n) is 3.95. The Morgan fingerprint density at radius 2 is 1.76 bits per heavy atom. The molecule has 2 heterocycles. The highest BCUT2D eigenvalue weighted by molar-refractivity contribution is 7.17. The first-order chi connectivity index (χ1) is 12.1. The molecule has 0 unspecified atom stereocenters. The van der Waals surface area contributed by atoms with Crippen LogP contribution in [0.25, 0.3) is 10.8 Å². The maximum absolute atomic E-state index is 12.8. The van der Waals surface area contributed by atoms with Crippen LogP contribution in [0.15, 0.2) is 42.7 Å². The molecule has 0 atom stereocenters. The second-order valence-corrected chi connectivity index (χ2v) is 6.84. The number of rotatable bonds is 5. The third-order valence-corrected chi connectivity index (χ3v) is 5.09. The zero-order valence-electron chi connectivity index (χ0n) is 14.6. The number of aryl methyl sites for hydroxylation is 2. The summed E-state index contributed by atoms with van der Waals surface area (Å²) in [6.45, 7) is 4.54. The summed E-state index contributed by atoms with van der Waals surface area (Å²) in [7, 11) is 1.81. The van der Waals surface area contributed by atoms with E-state index in [-0.39, 0.29) is 5.91 Å². The van der Waals surface area contributed by atoms with Crippen LogP contribution in [0.3, 0.4) is 0 Å². The molecule has 6 heteroatoms. The first kappa shape index (κ1) is 17.2. The fourth-order valence-electron chi connectivity index (χ4n) is 2.50. The summed E-state index contributed by atoms with van der Waals surface area (Å²) < 4.78 is 0. The van der Waals surface area contributed by atoms with Crippen molar-refractivity contribution in [1.82, 2.24) is 19.9 Å². The van der Waals surface area contributed by atoms with E-state index in [1.807, 2.05) is 14.0 Å². The normalized spacial score (nSPS) is 10.7. The Kier molecular flexibility index (Phi) is 5.19. The molecule has 1 aromatic carbocycles. The van der Waals surface area contributed by atoms with Gasteiger partial charge in [-0.25, -0.2) is 15.0 Å². The van der Waals surface area contributed by atoms with Gasteiger partial charge in [0.2, 0.25) is 0 Å². The van der Waals surface area contributed by atoms with E-state index in [0.29, 0.717) is 27.9 Å². The van der Waals surface area contributed by atoms with E-state index < -0.39 is 0 Å². The Morgan fingerprint density at radius 3 is 2.40 bits per heavy atom. The first-order valence-electron chi connectivity index (χ1n) is 8.16. The maximum Gasteiger partial charge on any atom is 0.265 e. The van der Waals surface area contributed by atoms with Crippen LogP contribution < -0.4 is 0 Å². The Hall–Kier alpha value is -2.60. The number of nitrogens with zero attached hydrogens (tertiary/aromatic N) is 4. The molecule has 25 heavy (non-hydrogen) atoms. The van der Waals surface area contributed by atoms with Gasteiger partial charge in [0.15, 0.2) is 10.8 Å². The summed E-state index contributed by atoms with van der Waals surface area (Å²) in [5, 5.41) is 0.669. The molecule has 0 saturated heterocycles. The molecule has 5 nitrogen and oxygen atoms in total. The summed E-state index contributed by atoms with van der Waals surface area (Å²) in [6, 6.07) is 10.1. The summed E-state index contributed by atoms with van der Waals surface area (Å²) in [5.74, 6) is 0.518. The molecule has 0 aliphatic rings. The van der Waals surface area contributed by atoms with Gasteiger partial charge in [0.25, 0.3) is 5.91 Å². The van der Waals surface area contributed by atoms with Crippen molar-refractivity contribution in [3.05, 3.63) is 64.4 Å². The van der Waals surface area contributed by atoms with E-state index in [1.165, 1.54) is 16.9 Å². The topological polar surface area (TPSA) is 59.0 Å². The average molecular weight is 352 g/mol. The minimum Gasteiger partial charge on any atom is -0.337 e. The van der Waals surface area contributed by atoms with Crippen molar-refractivity contribution in [2.24, 2.45) is 0 Å². The molecule has 128 valence electrons. The third kappa shape index (κ3) is 3.91. The molecule has 1 amide bonds. The minimum atomic E-state index is -0.0308. The number of thiazole rings is 1. The lowest BCUT2D eigenvalue weighted by molar-refractivity contribution is 0.0789. The second-order valence-electron chi connectivity index (χ2n) is 5.84. The van der Waals surface area contributed by atoms with Crippen LogP contribution in [-0.4, -0.2) is 32.8 Å². The molecule has 0 aliphatic carbocycles. The fourth-order valence-corrected chi connectivity index (χ4v) is 3.51. The van der Waals surface area contributed by atoms with E-state index in [0.717, 1.165) is 12.0 Å². The van der Waals surface area contributed by atoms with Crippen molar-refractivity contribution >= 4 is 17.2 Å². The highest BCUT2D eigenvalue weighted by Gasteiger charge is 2.20. The molecular weight excluding hydrogens is 332 g/mol. The molecule has 0 saturated carbocycles. The highest BCUT2D eigenvalue weighted by atomic mass is 32.1. The van der Waals surface area contributed by atoms with Crippen molar-refractivity contribution in [2.75, 3.05) is 7.05 Å². The van der Waals surface area contributed by atoms with Crippen molar-refractivity contribution in [3.63, 3.8) is 0 Å². The van der Waals surface area contributed by atoms with Crippen LogP contribution in [0.4, 0.5) is 0 Å². The molecule has 0 radical (unpaired) electrons. The Balaban J connectivity index is 1.76. The predicted octanol–water partition coefficient (Wildman–Crippen LogP) is 3.74. The molecule has 0 bridgehead atoms. The molecule has 0 fully saturated rings. The van der Waals surface area contributed by atoms with Gasteiger partial charge in [-0.05, 0) is 30.5 Å². The van der Waals surface area contributed by atoms with Gasteiger partial charge in [0.1, 0.15) is 4.88 Å². The van der Waals surface area contributed by atoms with E-state index in [1.54, 1.807) is 23.4 Å². The largest absolute Gasteiger partial charge is 0.337 e. The number of amides is 1. The molecule has 2 aromatic heterocycles. The first-order valence-corrected chi connectivity index (χ1v) is 8.98. The summed E-state index contributed by atoms with van der Waals surface area (Å²) >= 11 is 1.34. The Morgan fingerprint density at radius 1 is 1.12 bits per heavy atom. The second kappa shape index (κ2) is 7.53. The lowest BCUT2D eigenvalue weighted by atomic mass is 10.1. The zero-order chi connectivity index (χ0) is 17.8. The number of carbonyl (C=O) groups excluding carboxylic acids is 1. The SMILES string of the molecule is CCc1ccc(CN(C)C(=O)c2sc(-c3ncccn3)nc2C)cc1. The van der Waals surface area contributed by atoms with Gasteiger partial charge in [-0.2, -0.15) is 0 Å². The summed E-state index contributed by atoms with van der Waals surface area (Å²) in [6.07, 6.45) is 4.36. The number of hydrogen-bond donors (Lipinski definition) is 0. The minimum absolute atomic E-state index is 0.0308. The van der Waals surface area contributed by atoms with E-state index in [9.17, 15) is 4.79 Å². The summed E-state index contributed by atoms with van der Waals surface area (Å²) in [4.78, 5) is 28.0. The Bertz CT molecular complexity index is 859. The summed E-state index contributed by atoms with van der Waals surface area (Å²) in [5.41, 5.74) is 3.12. The van der Waals surface area contributed by atoms with Crippen molar-refractivity contribution < 1.29 is 4.79 Å². The van der Waals surface area contributed by atoms with Crippen molar-refractivity contribution in [1.29, 1.82) is 0 Å². The smallest absolute Gasteiger partial charge is 0.265 e. The molecule has 3 rings (SSSR count). The Labute approximate surface area is 151 Å². The number of aromatic nitrogens is 3. The van der Waals surface area contributed by atoms with Gasteiger partial charge in [0.05, 0.1) is 5.69 Å².